The van der Waals surface area contributed by atoms with Crippen LogP contribution in [0.1, 0.15) is 18.4 Å². The Labute approximate surface area is 159 Å². The van der Waals surface area contributed by atoms with Crippen LogP contribution in [0.4, 0.5) is 5.82 Å². The number of amides is 1. The van der Waals surface area contributed by atoms with E-state index in [-0.39, 0.29) is 11.4 Å². The van der Waals surface area contributed by atoms with E-state index in [1.54, 1.807) is 0 Å². The standard InChI is InChI=1S/C20H23ClN4O/c21-17-6-2-1-5-16(17)20(8-9-20)23-19(26)15-24-11-13-25(14-12-24)18-7-3-4-10-22-18/h1-7,10H,8-9,11-15H2,(H,23,26). The summed E-state index contributed by atoms with van der Waals surface area (Å²) in [6, 6.07) is 13.8. The number of pyridine rings is 1. The normalized spacial score (nSPS) is 19.2. The van der Waals surface area contributed by atoms with E-state index < -0.39 is 0 Å². The maximum absolute atomic E-state index is 12.6. The van der Waals surface area contributed by atoms with Crippen molar-refractivity contribution in [3.8, 4) is 0 Å². The van der Waals surface area contributed by atoms with Gasteiger partial charge in [-0.05, 0) is 36.6 Å². The molecule has 1 aromatic carbocycles. The van der Waals surface area contributed by atoms with Gasteiger partial charge >= 0.3 is 0 Å². The van der Waals surface area contributed by atoms with Crippen molar-refractivity contribution < 1.29 is 4.79 Å². The number of nitrogens with zero attached hydrogens (tertiary/aromatic N) is 3. The zero-order chi connectivity index (χ0) is 18.0. The summed E-state index contributed by atoms with van der Waals surface area (Å²) in [6.07, 6.45) is 3.73. The molecule has 2 heterocycles. The fourth-order valence-electron chi connectivity index (χ4n) is 3.62. The first-order valence-electron chi connectivity index (χ1n) is 9.11. The molecule has 0 radical (unpaired) electrons. The van der Waals surface area contributed by atoms with Gasteiger partial charge in [-0.1, -0.05) is 35.9 Å². The van der Waals surface area contributed by atoms with Gasteiger partial charge < -0.3 is 10.2 Å². The van der Waals surface area contributed by atoms with Crippen LogP contribution in [0.3, 0.4) is 0 Å². The van der Waals surface area contributed by atoms with Crippen molar-refractivity contribution in [2.75, 3.05) is 37.6 Å². The second-order valence-corrected chi connectivity index (χ2v) is 7.47. The van der Waals surface area contributed by atoms with Crippen LogP contribution in [0.5, 0.6) is 0 Å². The molecule has 0 unspecified atom stereocenters. The van der Waals surface area contributed by atoms with E-state index in [1.165, 1.54) is 0 Å². The molecule has 0 atom stereocenters. The number of hydrogen-bond donors (Lipinski definition) is 1. The molecule has 2 fully saturated rings. The summed E-state index contributed by atoms with van der Waals surface area (Å²) in [4.78, 5) is 21.5. The Bertz CT molecular complexity index is 770. The Morgan fingerprint density at radius 2 is 1.81 bits per heavy atom. The van der Waals surface area contributed by atoms with Gasteiger partial charge in [0.15, 0.2) is 0 Å². The molecule has 1 aliphatic carbocycles. The molecule has 1 amide bonds. The molecule has 136 valence electrons. The van der Waals surface area contributed by atoms with Crippen molar-refractivity contribution in [1.29, 1.82) is 0 Å². The van der Waals surface area contributed by atoms with E-state index in [9.17, 15) is 4.79 Å². The van der Waals surface area contributed by atoms with Crippen molar-refractivity contribution in [1.82, 2.24) is 15.2 Å². The Morgan fingerprint density at radius 1 is 1.08 bits per heavy atom. The second-order valence-electron chi connectivity index (χ2n) is 7.06. The van der Waals surface area contributed by atoms with Gasteiger partial charge in [-0.2, -0.15) is 0 Å². The lowest BCUT2D eigenvalue weighted by Gasteiger charge is -2.35. The first-order chi connectivity index (χ1) is 12.7. The zero-order valence-electron chi connectivity index (χ0n) is 14.7. The SMILES string of the molecule is O=C(CN1CCN(c2ccccn2)CC1)NC1(c2ccccc2Cl)CC1. The van der Waals surface area contributed by atoms with E-state index in [0.29, 0.717) is 6.54 Å². The first-order valence-corrected chi connectivity index (χ1v) is 9.48. The van der Waals surface area contributed by atoms with E-state index in [0.717, 1.165) is 55.4 Å². The molecule has 2 aromatic rings. The number of anilines is 1. The molecule has 1 aliphatic heterocycles. The first kappa shape index (κ1) is 17.3. The number of benzene rings is 1. The number of piperazine rings is 1. The Morgan fingerprint density at radius 3 is 2.46 bits per heavy atom. The highest BCUT2D eigenvalue weighted by molar-refractivity contribution is 6.31. The van der Waals surface area contributed by atoms with E-state index in [2.05, 4.69) is 20.1 Å². The summed E-state index contributed by atoms with van der Waals surface area (Å²) in [5.41, 5.74) is 0.778. The molecule has 6 heteroatoms. The molecule has 2 aliphatic rings. The second kappa shape index (κ2) is 7.25. The van der Waals surface area contributed by atoms with Crippen molar-refractivity contribution >= 4 is 23.3 Å². The molecule has 5 nitrogen and oxygen atoms in total. The predicted octanol–water partition coefficient (Wildman–Crippen LogP) is 2.66. The topological polar surface area (TPSA) is 48.5 Å². The van der Waals surface area contributed by atoms with Gasteiger partial charge in [-0.15, -0.1) is 0 Å². The molecular weight excluding hydrogens is 348 g/mol. The predicted molar refractivity (Wildman–Crippen MR) is 103 cm³/mol. The molecule has 4 rings (SSSR count). The quantitative estimate of drug-likeness (QED) is 0.879. The number of carbonyl (C=O) groups is 1. The molecule has 0 spiro atoms. The van der Waals surface area contributed by atoms with Crippen LogP contribution in [-0.4, -0.2) is 48.5 Å². The largest absolute Gasteiger partial charge is 0.354 e. The molecule has 1 aromatic heterocycles. The maximum atomic E-state index is 12.6. The Balaban J connectivity index is 1.30. The lowest BCUT2D eigenvalue weighted by molar-refractivity contribution is -0.123. The highest BCUT2D eigenvalue weighted by atomic mass is 35.5. The van der Waals surface area contributed by atoms with Gasteiger partial charge in [-0.25, -0.2) is 4.98 Å². The van der Waals surface area contributed by atoms with Gasteiger partial charge in [0.25, 0.3) is 0 Å². The lowest BCUT2D eigenvalue weighted by Crippen LogP contribution is -2.50. The van der Waals surface area contributed by atoms with E-state index >= 15 is 0 Å². The monoisotopic (exact) mass is 370 g/mol. The molecule has 0 bridgehead atoms. The number of rotatable bonds is 5. The van der Waals surface area contributed by atoms with Crippen LogP contribution < -0.4 is 10.2 Å². The minimum Gasteiger partial charge on any atom is -0.354 e. The smallest absolute Gasteiger partial charge is 0.234 e. The van der Waals surface area contributed by atoms with Gasteiger partial charge in [0.2, 0.25) is 5.91 Å². The summed E-state index contributed by atoms with van der Waals surface area (Å²) >= 11 is 6.33. The van der Waals surface area contributed by atoms with Gasteiger partial charge in [-0.3, -0.25) is 9.69 Å². The highest BCUT2D eigenvalue weighted by Gasteiger charge is 2.46. The summed E-state index contributed by atoms with van der Waals surface area (Å²) in [7, 11) is 0. The van der Waals surface area contributed by atoms with Gasteiger partial charge in [0.05, 0.1) is 12.1 Å². The van der Waals surface area contributed by atoms with Crippen molar-refractivity contribution in [3.05, 3.63) is 59.2 Å². The minimum absolute atomic E-state index is 0.0775. The van der Waals surface area contributed by atoms with Crippen LogP contribution in [-0.2, 0) is 10.3 Å². The molecule has 1 saturated heterocycles. The van der Waals surface area contributed by atoms with Gasteiger partial charge in [0.1, 0.15) is 5.82 Å². The fourth-order valence-corrected chi connectivity index (χ4v) is 3.94. The third kappa shape index (κ3) is 3.69. The summed E-state index contributed by atoms with van der Waals surface area (Å²) in [6.45, 7) is 3.94. The zero-order valence-corrected chi connectivity index (χ0v) is 15.5. The van der Waals surface area contributed by atoms with Crippen molar-refractivity contribution in [3.63, 3.8) is 0 Å². The molecular formula is C20H23ClN4O. The van der Waals surface area contributed by atoms with Gasteiger partial charge in [0, 0.05) is 37.4 Å². The summed E-state index contributed by atoms with van der Waals surface area (Å²) in [5.74, 6) is 1.08. The average molecular weight is 371 g/mol. The number of nitrogens with one attached hydrogen (secondary N) is 1. The number of carbonyl (C=O) groups excluding carboxylic acids is 1. The Kier molecular flexibility index (Phi) is 4.83. The minimum atomic E-state index is -0.259. The van der Waals surface area contributed by atoms with Crippen LogP contribution in [0.2, 0.25) is 5.02 Å². The van der Waals surface area contributed by atoms with Crippen LogP contribution in [0.25, 0.3) is 0 Å². The van der Waals surface area contributed by atoms with Crippen LogP contribution >= 0.6 is 11.6 Å². The van der Waals surface area contributed by atoms with Crippen LogP contribution in [0, 0.1) is 0 Å². The Hall–Kier alpha value is -2.11. The van der Waals surface area contributed by atoms with Crippen molar-refractivity contribution in [2.24, 2.45) is 0 Å². The number of aromatic nitrogens is 1. The number of halogens is 1. The maximum Gasteiger partial charge on any atom is 0.234 e. The lowest BCUT2D eigenvalue weighted by atomic mass is 10.0. The molecule has 1 saturated carbocycles. The molecule has 1 N–H and O–H groups in total. The fraction of sp³-hybridized carbons (Fsp3) is 0.400. The third-order valence-corrected chi connectivity index (χ3v) is 5.56. The highest BCUT2D eigenvalue weighted by Crippen LogP contribution is 2.47. The van der Waals surface area contributed by atoms with Crippen molar-refractivity contribution in [2.45, 2.75) is 18.4 Å². The molecule has 26 heavy (non-hydrogen) atoms. The number of hydrogen-bond acceptors (Lipinski definition) is 4. The summed E-state index contributed by atoms with van der Waals surface area (Å²) < 4.78 is 0. The van der Waals surface area contributed by atoms with Crippen LogP contribution in [0.15, 0.2) is 48.7 Å². The van der Waals surface area contributed by atoms with E-state index in [1.807, 2.05) is 48.7 Å². The third-order valence-electron chi connectivity index (χ3n) is 5.23. The average Bonchev–Trinajstić information content (AvgIpc) is 3.43. The van der Waals surface area contributed by atoms with E-state index in [4.69, 9.17) is 11.6 Å². The summed E-state index contributed by atoms with van der Waals surface area (Å²) in [5, 5.41) is 3.95.